The van der Waals surface area contributed by atoms with Gasteiger partial charge in [-0.15, -0.1) is 11.3 Å². The van der Waals surface area contributed by atoms with Crippen LogP contribution in [0.25, 0.3) is 10.1 Å². The predicted octanol–water partition coefficient (Wildman–Crippen LogP) is 4.35. The Kier molecular flexibility index (Phi) is 4.94. The van der Waals surface area contributed by atoms with Gasteiger partial charge in [0.25, 0.3) is 0 Å². The SMILES string of the molecule is Cc1c(C(C)NCCN2CCCCC2)sc2ccccc12. The van der Waals surface area contributed by atoms with Gasteiger partial charge in [0.05, 0.1) is 0 Å². The number of fused-ring (bicyclic) bond motifs is 1. The van der Waals surface area contributed by atoms with Crippen LogP contribution in [0.1, 0.15) is 42.7 Å². The number of benzene rings is 1. The van der Waals surface area contributed by atoms with E-state index in [4.69, 9.17) is 0 Å². The Morgan fingerprint density at radius 1 is 1.19 bits per heavy atom. The minimum Gasteiger partial charge on any atom is -0.308 e. The average Bonchev–Trinajstić information content (AvgIpc) is 2.86. The lowest BCUT2D eigenvalue weighted by Gasteiger charge is -2.27. The van der Waals surface area contributed by atoms with Crippen LogP contribution in [0.15, 0.2) is 24.3 Å². The third-order valence-corrected chi connectivity index (χ3v) is 6.06. The number of hydrogen-bond donors (Lipinski definition) is 1. The second-order valence-corrected chi connectivity index (χ2v) is 7.25. The Hall–Kier alpha value is -0.900. The molecule has 3 rings (SSSR count). The average molecular weight is 302 g/mol. The van der Waals surface area contributed by atoms with Crippen LogP contribution in [-0.2, 0) is 0 Å². The van der Waals surface area contributed by atoms with Crippen molar-refractivity contribution in [2.45, 2.75) is 39.2 Å². The van der Waals surface area contributed by atoms with E-state index in [0.29, 0.717) is 6.04 Å². The van der Waals surface area contributed by atoms with E-state index < -0.39 is 0 Å². The highest BCUT2D eigenvalue weighted by molar-refractivity contribution is 7.19. The summed E-state index contributed by atoms with van der Waals surface area (Å²) in [5.74, 6) is 0. The fraction of sp³-hybridized carbons (Fsp3) is 0.556. The van der Waals surface area contributed by atoms with E-state index in [0.717, 1.165) is 6.54 Å². The molecule has 21 heavy (non-hydrogen) atoms. The van der Waals surface area contributed by atoms with Crippen LogP contribution in [0, 0.1) is 6.92 Å². The molecule has 1 aliphatic rings. The highest BCUT2D eigenvalue weighted by atomic mass is 32.1. The van der Waals surface area contributed by atoms with E-state index in [1.54, 1.807) is 0 Å². The molecule has 1 aromatic carbocycles. The highest BCUT2D eigenvalue weighted by Crippen LogP contribution is 2.34. The third-order valence-electron chi connectivity index (χ3n) is 4.60. The van der Waals surface area contributed by atoms with Gasteiger partial charge in [0.1, 0.15) is 0 Å². The Labute approximate surface area is 132 Å². The molecule has 3 heteroatoms. The minimum absolute atomic E-state index is 0.451. The van der Waals surface area contributed by atoms with Crippen LogP contribution < -0.4 is 5.32 Å². The van der Waals surface area contributed by atoms with Crippen molar-refractivity contribution in [3.05, 3.63) is 34.7 Å². The molecule has 1 aliphatic heterocycles. The fourth-order valence-corrected chi connectivity index (χ4v) is 4.56. The molecule has 0 saturated carbocycles. The zero-order chi connectivity index (χ0) is 14.7. The topological polar surface area (TPSA) is 15.3 Å². The van der Waals surface area contributed by atoms with Crippen molar-refractivity contribution in [3.8, 4) is 0 Å². The summed E-state index contributed by atoms with van der Waals surface area (Å²) in [6.45, 7) is 9.42. The Balaban J connectivity index is 1.58. The molecule has 0 bridgehead atoms. The second-order valence-electron chi connectivity index (χ2n) is 6.17. The standard InChI is InChI=1S/C18H26N2S/c1-14-16-8-4-5-9-17(16)21-18(14)15(2)19-10-13-20-11-6-3-7-12-20/h4-5,8-9,15,19H,3,6-7,10-13H2,1-2H3. The first-order valence-electron chi connectivity index (χ1n) is 8.19. The Morgan fingerprint density at radius 3 is 2.71 bits per heavy atom. The second kappa shape index (κ2) is 6.91. The van der Waals surface area contributed by atoms with Crippen molar-refractivity contribution in [1.29, 1.82) is 0 Å². The van der Waals surface area contributed by atoms with Crippen molar-refractivity contribution in [3.63, 3.8) is 0 Å². The zero-order valence-corrected chi connectivity index (χ0v) is 14.0. The molecule has 1 unspecified atom stereocenters. The van der Waals surface area contributed by atoms with Gasteiger partial charge in [0, 0.05) is 28.7 Å². The normalized spacial score (nSPS) is 18.2. The highest BCUT2D eigenvalue weighted by Gasteiger charge is 2.15. The van der Waals surface area contributed by atoms with E-state index >= 15 is 0 Å². The first-order valence-corrected chi connectivity index (χ1v) is 9.01. The predicted molar refractivity (Wildman–Crippen MR) is 93.3 cm³/mol. The number of rotatable bonds is 5. The maximum atomic E-state index is 3.72. The summed E-state index contributed by atoms with van der Waals surface area (Å²) in [7, 11) is 0. The summed E-state index contributed by atoms with van der Waals surface area (Å²) in [4.78, 5) is 4.09. The summed E-state index contributed by atoms with van der Waals surface area (Å²) >= 11 is 1.94. The summed E-state index contributed by atoms with van der Waals surface area (Å²) in [6, 6.07) is 9.20. The van der Waals surface area contributed by atoms with Gasteiger partial charge < -0.3 is 10.2 Å². The molecule has 1 saturated heterocycles. The van der Waals surface area contributed by atoms with Gasteiger partial charge in [0.2, 0.25) is 0 Å². The molecule has 1 N–H and O–H groups in total. The zero-order valence-electron chi connectivity index (χ0n) is 13.2. The van der Waals surface area contributed by atoms with Gasteiger partial charge in [0.15, 0.2) is 0 Å². The van der Waals surface area contributed by atoms with Crippen molar-refractivity contribution in [2.24, 2.45) is 0 Å². The smallest absolute Gasteiger partial charge is 0.0389 e. The van der Waals surface area contributed by atoms with Crippen LogP contribution in [0.4, 0.5) is 0 Å². The molecule has 1 atom stereocenters. The number of nitrogens with zero attached hydrogens (tertiary/aromatic N) is 1. The molecule has 0 aliphatic carbocycles. The summed E-state index contributed by atoms with van der Waals surface area (Å²) in [5.41, 5.74) is 1.45. The molecule has 2 nitrogen and oxygen atoms in total. The van der Waals surface area contributed by atoms with Crippen LogP contribution in [0.2, 0.25) is 0 Å². The van der Waals surface area contributed by atoms with Crippen LogP contribution in [-0.4, -0.2) is 31.1 Å². The molecule has 1 fully saturated rings. The first kappa shape index (κ1) is 15.0. The van der Waals surface area contributed by atoms with Gasteiger partial charge in [-0.1, -0.05) is 24.6 Å². The first-order chi connectivity index (χ1) is 10.3. The van der Waals surface area contributed by atoms with E-state index in [9.17, 15) is 0 Å². The number of piperidine rings is 1. The number of thiophene rings is 1. The molecule has 2 heterocycles. The third kappa shape index (κ3) is 3.47. The van der Waals surface area contributed by atoms with Gasteiger partial charge >= 0.3 is 0 Å². The molecular formula is C18H26N2S. The van der Waals surface area contributed by atoms with Crippen molar-refractivity contribution in [2.75, 3.05) is 26.2 Å². The summed E-state index contributed by atoms with van der Waals surface area (Å²) < 4.78 is 1.41. The lowest BCUT2D eigenvalue weighted by molar-refractivity contribution is 0.227. The summed E-state index contributed by atoms with van der Waals surface area (Å²) in [6.07, 6.45) is 4.18. The summed E-state index contributed by atoms with van der Waals surface area (Å²) in [5, 5.41) is 5.14. The van der Waals surface area contributed by atoms with E-state index in [-0.39, 0.29) is 0 Å². The molecule has 1 aromatic heterocycles. The van der Waals surface area contributed by atoms with Crippen LogP contribution >= 0.6 is 11.3 Å². The van der Waals surface area contributed by atoms with E-state index in [1.807, 2.05) is 11.3 Å². The maximum Gasteiger partial charge on any atom is 0.0389 e. The van der Waals surface area contributed by atoms with E-state index in [1.165, 1.54) is 59.4 Å². The van der Waals surface area contributed by atoms with E-state index in [2.05, 4.69) is 48.3 Å². The lowest BCUT2D eigenvalue weighted by Crippen LogP contribution is -2.36. The molecule has 0 amide bonds. The maximum absolute atomic E-state index is 3.72. The minimum atomic E-state index is 0.451. The van der Waals surface area contributed by atoms with Gasteiger partial charge in [-0.2, -0.15) is 0 Å². The monoisotopic (exact) mass is 302 g/mol. The van der Waals surface area contributed by atoms with Gasteiger partial charge in [-0.3, -0.25) is 0 Å². The molecule has 0 radical (unpaired) electrons. The number of nitrogens with one attached hydrogen (secondary N) is 1. The Morgan fingerprint density at radius 2 is 1.95 bits per heavy atom. The Bertz CT molecular complexity index is 584. The van der Waals surface area contributed by atoms with Crippen LogP contribution in [0.5, 0.6) is 0 Å². The fourth-order valence-electron chi connectivity index (χ4n) is 3.32. The van der Waals surface area contributed by atoms with Crippen LogP contribution in [0.3, 0.4) is 0 Å². The van der Waals surface area contributed by atoms with Crippen molar-refractivity contribution < 1.29 is 0 Å². The van der Waals surface area contributed by atoms with Crippen molar-refractivity contribution in [1.82, 2.24) is 10.2 Å². The van der Waals surface area contributed by atoms with Gasteiger partial charge in [-0.25, -0.2) is 0 Å². The number of likely N-dealkylation sites (tertiary alicyclic amines) is 1. The number of aryl methyl sites for hydroxylation is 1. The van der Waals surface area contributed by atoms with Crippen molar-refractivity contribution >= 4 is 21.4 Å². The number of hydrogen-bond acceptors (Lipinski definition) is 3. The lowest BCUT2D eigenvalue weighted by atomic mass is 10.1. The molecular weight excluding hydrogens is 276 g/mol. The molecule has 114 valence electrons. The molecule has 2 aromatic rings. The molecule has 0 spiro atoms. The van der Waals surface area contributed by atoms with Gasteiger partial charge in [-0.05, 0) is 56.8 Å². The largest absolute Gasteiger partial charge is 0.308 e. The quantitative estimate of drug-likeness (QED) is 0.883.